The number of rotatable bonds is 4. The maximum absolute atomic E-state index is 11.1. The highest BCUT2D eigenvalue weighted by molar-refractivity contribution is 9.09. The van der Waals surface area contributed by atoms with Gasteiger partial charge in [0.2, 0.25) is 5.91 Å². The lowest BCUT2D eigenvalue weighted by Crippen LogP contribution is -2.37. The molecular formula is C8H14BrNO. The number of carbonyl (C=O) groups excluding carboxylic acids is 1. The van der Waals surface area contributed by atoms with E-state index in [4.69, 9.17) is 0 Å². The van der Waals surface area contributed by atoms with Crippen LogP contribution in [0.25, 0.3) is 0 Å². The zero-order valence-corrected chi connectivity index (χ0v) is 8.41. The Labute approximate surface area is 75.9 Å². The van der Waals surface area contributed by atoms with E-state index in [0.29, 0.717) is 6.42 Å². The lowest BCUT2D eigenvalue weighted by Gasteiger charge is -2.13. The standard InChI is InChI=1S/C8H14BrNO/c1-2-3-7(11)10-8(6-9)4-5-8/h2-6H2,1H3,(H,10,11). The molecule has 0 aromatic heterocycles. The number of carbonyl (C=O) groups is 1. The van der Waals surface area contributed by atoms with Crippen molar-refractivity contribution in [2.75, 3.05) is 5.33 Å². The van der Waals surface area contributed by atoms with Gasteiger partial charge in [-0.3, -0.25) is 4.79 Å². The summed E-state index contributed by atoms with van der Waals surface area (Å²) >= 11 is 3.40. The quantitative estimate of drug-likeness (QED) is 0.719. The van der Waals surface area contributed by atoms with E-state index in [0.717, 1.165) is 24.6 Å². The van der Waals surface area contributed by atoms with Crippen LogP contribution in [-0.4, -0.2) is 16.8 Å². The molecule has 0 bridgehead atoms. The highest BCUT2D eigenvalue weighted by Crippen LogP contribution is 2.36. The van der Waals surface area contributed by atoms with Crippen LogP contribution in [0.5, 0.6) is 0 Å². The molecule has 11 heavy (non-hydrogen) atoms. The molecule has 1 N–H and O–H groups in total. The van der Waals surface area contributed by atoms with Crippen molar-refractivity contribution in [2.24, 2.45) is 0 Å². The molecule has 1 aliphatic carbocycles. The van der Waals surface area contributed by atoms with Crippen molar-refractivity contribution in [1.29, 1.82) is 0 Å². The Balaban J connectivity index is 2.24. The Bertz CT molecular complexity index is 154. The van der Waals surface area contributed by atoms with E-state index >= 15 is 0 Å². The van der Waals surface area contributed by atoms with E-state index in [2.05, 4.69) is 21.2 Å². The molecular weight excluding hydrogens is 206 g/mol. The van der Waals surface area contributed by atoms with Crippen LogP contribution in [0.1, 0.15) is 32.6 Å². The van der Waals surface area contributed by atoms with Gasteiger partial charge >= 0.3 is 0 Å². The zero-order valence-electron chi connectivity index (χ0n) is 6.82. The Morgan fingerprint density at radius 3 is 2.64 bits per heavy atom. The summed E-state index contributed by atoms with van der Waals surface area (Å²) in [7, 11) is 0. The van der Waals surface area contributed by atoms with E-state index in [1.54, 1.807) is 0 Å². The number of hydrogen-bond acceptors (Lipinski definition) is 1. The molecule has 0 aliphatic heterocycles. The van der Waals surface area contributed by atoms with E-state index in [9.17, 15) is 4.79 Å². The van der Waals surface area contributed by atoms with Gasteiger partial charge in [-0.2, -0.15) is 0 Å². The third-order valence-electron chi connectivity index (χ3n) is 1.99. The van der Waals surface area contributed by atoms with Crippen LogP contribution in [0, 0.1) is 0 Å². The fraction of sp³-hybridized carbons (Fsp3) is 0.875. The third kappa shape index (κ3) is 2.47. The molecule has 0 unspecified atom stereocenters. The Hall–Kier alpha value is -0.0500. The predicted molar refractivity (Wildman–Crippen MR) is 48.8 cm³/mol. The van der Waals surface area contributed by atoms with Crippen molar-refractivity contribution >= 4 is 21.8 Å². The summed E-state index contributed by atoms with van der Waals surface area (Å²) in [6.45, 7) is 2.02. The van der Waals surface area contributed by atoms with Crippen LogP contribution >= 0.6 is 15.9 Å². The third-order valence-corrected chi connectivity index (χ3v) is 3.06. The van der Waals surface area contributed by atoms with Crippen LogP contribution in [0.3, 0.4) is 0 Å². The first-order valence-electron chi connectivity index (χ1n) is 4.09. The van der Waals surface area contributed by atoms with Gasteiger partial charge < -0.3 is 5.32 Å². The normalized spacial score (nSPS) is 19.5. The summed E-state index contributed by atoms with van der Waals surface area (Å²) < 4.78 is 0. The van der Waals surface area contributed by atoms with Gasteiger partial charge in [-0.05, 0) is 19.3 Å². The smallest absolute Gasteiger partial charge is 0.220 e. The summed E-state index contributed by atoms with van der Waals surface area (Å²) in [6.07, 6.45) is 3.86. The van der Waals surface area contributed by atoms with Crippen molar-refractivity contribution in [1.82, 2.24) is 5.32 Å². The number of halogens is 1. The monoisotopic (exact) mass is 219 g/mol. The fourth-order valence-corrected chi connectivity index (χ4v) is 1.73. The second-order valence-corrected chi connectivity index (χ2v) is 3.77. The van der Waals surface area contributed by atoms with Crippen LogP contribution < -0.4 is 5.32 Å². The first-order chi connectivity index (χ1) is 5.22. The van der Waals surface area contributed by atoms with Gasteiger partial charge in [-0.15, -0.1) is 0 Å². The van der Waals surface area contributed by atoms with Gasteiger partial charge in [0.25, 0.3) is 0 Å². The molecule has 1 fully saturated rings. The molecule has 1 amide bonds. The van der Waals surface area contributed by atoms with Gasteiger partial charge in [0.05, 0.1) is 0 Å². The Morgan fingerprint density at radius 2 is 2.27 bits per heavy atom. The van der Waals surface area contributed by atoms with Gasteiger partial charge in [-0.1, -0.05) is 22.9 Å². The molecule has 0 atom stereocenters. The van der Waals surface area contributed by atoms with Crippen LogP contribution in [0.2, 0.25) is 0 Å². The van der Waals surface area contributed by atoms with Crippen molar-refractivity contribution < 1.29 is 4.79 Å². The molecule has 1 aliphatic rings. The van der Waals surface area contributed by atoms with Crippen molar-refractivity contribution in [3.05, 3.63) is 0 Å². The highest BCUT2D eigenvalue weighted by atomic mass is 79.9. The minimum atomic E-state index is 0.131. The molecule has 0 heterocycles. The summed E-state index contributed by atoms with van der Waals surface area (Å²) in [5.41, 5.74) is 0.131. The molecule has 0 radical (unpaired) electrons. The van der Waals surface area contributed by atoms with Gasteiger partial charge in [0, 0.05) is 17.3 Å². The predicted octanol–water partition coefficient (Wildman–Crippen LogP) is 1.83. The summed E-state index contributed by atoms with van der Waals surface area (Å²) in [5.74, 6) is 0.199. The lowest BCUT2D eigenvalue weighted by atomic mass is 10.2. The number of nitrogens with one attached hydrogen (secondary N) is 1. The molecule has 64 valence electrons. The summed E-state index contributed by atoms with van der Waals surface area (Å²) in [5, 5.41) is 3.93. The maximum Gasteiger partial charge on any atom is 0.220 e. The van der Waals surface area contributed by atoms with Gasteiger partial charge in [-0.25, -0.2) is 0 Å². The minimum Gasteiger partial charge on any atom is -0.350 e. The SMILES string of the molecule is CCCC(=O)NC1(CBr)CC1. The highest BCUT2D eigenvalue weighted by Gasteiger charge is 2.42. The van der Waals surface area contributed by atoms with Gasteiger partial charge in [0.15, 0.2) is 0 Å². The molecule has 0 aromatic carbocycles. The molecule has 0 saturated heterocycles. The van der Waals surface area contributed by atoms with Crippen LogP contribution in [-0.2, 0) is 4.79 Å². The first-order valence-corrected chi connectivity index (χ1v) is 5.21. The van der Waals surface area contributed by atoms with E-state index in [-0.39, 0.29) is 11.4 Å². The molecule has 0 aromatic rings. The average molecular weight is 220 g/mol. The van der Waals surface area contributed by atoms with Gasteiger partial charge in [0.1, 0.15) is 0 Å². The average Bonchev–Trinajstić information content (AvgIpc) is 2.70. The Kier molecular flexibility index (Phi) is 2.93. The first kappa shape index (κ1) is 9.04. The van der Waals surface area contributed by atoms with Crippen molar-refractivity contribution in [3.63, 3.8) is 0 Å². The Morgan fingerprint density at radius 1 is 1.64 bits per heavy atom. The fourth-order valence-electron chi connectivity index (χ4n) is 1.03. The molecule has 0 spiro atoms. The molecule has 3 heteroatoms. The molecule has 2 nitrogen and oxygen atoms in total. The number of hydrogen-bond donors (Lipinski definition) is 1. The van der Waals surface area contributed by atoms with Crippen molar-refractivity contribution in [2.45, 2.75) is 38.1 Å². The van der Waals surface area contributed by atoms with Crippen LogP contribution in [0.15, 0.2) is 0 Å². The zero-order chi connectivity index (χ0) is 8.32. The lowest BCUT2D eigenvalue weighted by molar-refractivity contribution is -0.121. The van der Waals surface area contributed by atoms with E-state index < -0.39 is 0 Å². The summed E-state index contributed by atoms with van der Waals surface area (Å²) in [4.78, 5) is 11.1. The van der Waals surface area contributed by atoms with E-state index in [1.807, 2.05) is 6.92 Å². The number of amides is 1. The maximum atomic E-state index is 11.1. The molecule has 1 saturated carbocycles. The van der Waals surface area contributed by atoms with Crippen molar-refractivity contribution in [3.8, 4) is 0 Å². The summed E-state index contributed by atoms with van der Waals surface area (Å²) in [6, 6.07) is 0. The molecule has 1 rings (SSSR count). The second kappa shape index (κ2) is 3.57. The number of alkyl halides is 1. The van der Waals surface area contributed by atoms with Crippen LogP contribution in [0.4, 0.5) is 0 Å². The minimum absolute atomic E-state index is 0.131. The van der Waals surface area contributed by atoms with E-state index in [1.165, 1.54) is 0 Å². The second-order valence-electron chi connectivity index (χ2n) is 3.21. The topological polar surface area (TPSA) is 29.1 Å². The largest absolute Gasteiger partial charge is 0.350 e.